The van der Waals surface area contributed by atoms with Crippen molar-refractivity contribution in [2.75, 3.05) is 5.43 Å². The molecule has 4 heteroatoms. The minimum absolute atomic E-state index is 0.127. The smallest absolute Gasteiger partial charge is 0.144 e. The SMILES string of the molecule is N=C1C=CC=C/C1=C(/Nn1c2ccccc2c2c3c4ccccc4oc3c3ccccc3c21)C1C=CC=CC1. The second-order valence-corrected chi connectivity index (χ2v) is 10.2. The van der Waals surface area contributed by atoms with E-state index in [1.54, 1.807) is 0 Å². The summed E-state index contributed by atoms with van der Waals surface area (Å²) in [4.78, 5) is 0. The molecule has 0 radical (unpaired) electrons. The van der Waals surface area contributed by atoms with E-state index in [9.17, 15) is 0 Å². The summed E-state index contributed by atoms with van der Waals surface area (Å²) in [5.41, 5.74) is 10.3. The van der Waals surface area contributed by atoms with E-state index in [1.807, 2.05) is 36.4 Å². The zero-order chi connectivity index (χ0) is 25.9. The largest absolute Gasteiger partial charge is 0.455 e. The Labute approximate surface area is 225 Å². The Kier molecular flexibility index (Phi) is 4.76. The van der Waals surface area contributed by atoms with Crippen LogP contribution in [0.3, 0.4) is 0 Å². The summed E-state index contributed by atoms with van der Waals surface area (Å²) in [6.45, 7) is 0. The fraction of sp³-hybridized carbons (Fsp3) is 0.0571. The zero-order valence-corrected chi connectivity index (χ0v) is 21.2. The Bertz CT molecular complexity index is 2150. The van der Waals surface area contributed by atoms with Crippen molar-refractivity contribution in [2.45, 2.75) is 6.42 Å². The third kappa shape index (κ3) is 3.21. The van der Waals surface area contributed by atoms with Crippen molar-refractivity contribution >= 4 is 60.2 Å². The highest BCUT2D eigenvalue weighted by atomic mass is 16.3. The summed E-state index contributed by atoms with van der Waals surface area (Å²) < 4.78 is 8.76. The molecule has 0 amide bonds. The van der Waals surface area contributed by atoms with Gasteiger partial charge in [0.2, 0.25) is 0 Å². The highest BCUT2D eigenvalue weighted by molar-refractivity contribution is 6.35. The molecule has 8 rings (SSSR count). The minimum Gasteiger partial charge on any atom is -0.455 e. The number of aromatic nitrogens is 1. The summed E-state index contributed by atoms with van der Waals surface area (Å²) in [6, 6.07) is 25.4. The monoisotopic (exact) mass is 503 g/mol. The van der Waals surface area contributed by atoms with Crippen LogP contribution in [0.1, 0.15) is 6.42 Å². The zero-order valence-electron chi connectivity index (χ0n) is 21.2. The molecular weight excluding hydrogens is 478 g/mol. The summed E-state index contributed by atoms with van der Waals surface area (Å²) in [6.07, 6.45) is 17.3. The molecule has 1 atom stereocenters. The molecule has 2 aliphatic carbocycles. The van der Waals surface area contributed by atoms with Crippen molar-refractivity contribution in [1.82, 2.24) is 4.68 Å². The van der Waals surface area contributed by atoms with Crippen LogP contribution in [-0.2, 0) is 0 Å². The molecule has 0 saturated heterocycles. The first-order valence-corrected chi connectivity index (χ1v) is 13.3. The Morgan fingerprint density at radius 2 is 1.51 bits per heavy atom. The maximum absolute atomic E-state index is 8.76. The number of benzene rings is 4. The molecule has 0 saturated carbocycles. The van der Waals surface area contributed by atoms with Crippen LogP contribution in [-0.4, -0.2) is 10.4 Å². The predicted octanol–water partition coefficient (Wildman–Crippen LogP) is 8.92. The van der Waals surface area contributed by atoms with Gasteiger partial charge in [-0.05, 0) is 24.6 Å². The Morgan fingerprint density at radius 3 is 2.33 bits per heavy atom. The van der Waals surface area contributed by atoms with Gasteiger partial charge in [0.1, 0.15) is 11.2 Å². The lowest BCUT2D eigenvalue weighted by molar-refractivity contribution is 0.673. The number of hydrogen-bond donors (Lipinski definition) is 2. The van der Waals surface area contributed by atoms with Crippen LogP contribution in [0.2, 0.25) is 0 Å². The van der Waals surface area contributed by atoms with E-state index >= 15 is 0 Å². The molecule has 4 aromatic carbocycles. The molecule has 1 unspecified atom stereocenters. The number of fused-ring (bicyclic) bond motifs is 10. The van der Waals surface area contributed by atoms with E-state index in [1.165, 1.54) is 10.8 Å². The second-order valence-electron chi connectivity index (χ2n) is 10.2. The van der Waals surface area contributed by atoms with E-state index in [0.29, 0.717) is 5.71 Å². The number of hydrogen-bond acceptors (Lipinski definition) is 3. The molecule has 2 aromatic heterocycles. The van der Waals surface area contributed by atoms with Crippen molar-refractivity contribution in [3.8, 4) is 0 Å². The maximum Gasteiger partial charge on any atom is 0.144 e. The number of nitrogens with zero attached hydrogens (tertiary/aromatic N) is 1. The summed E-state index contributed by atoms with van der Waals surface area (Å²) in [5, 5.41) is 15.6. The topological polar surface area (TPSA) is 54.0 Å². The normalized spacial score (nSPS) is 18.4. The number of para-hydroxylation sites is 2. The maximum atomic E-state index is 8.76. The van der Waals surface area contributed by atoms with Gasteiger partial charge in [-0.1, -0.05) is 103 Å². The third-order valence-electron chi connectivity index (χ3n) is 7.95. The summed E-state index contributed by atoms with van der Waals surface area (Å²) >= 11 is 0. The van der Waals surface area contributed by atoms with Crippen LogP contribution in [0, 0.1) is 11.3 Å². The van der Waals surface area contributed by atoms with Gasteiger partial charge in [-0.15, -0.1) is 0 Å². The molecule has 186 valence electrons. The van der Waals surface area contributed by atoms with Gasteiger partial charge in [-0.2, -0.15) is 0 Å². The molecule has 0 aliphatic heterocycles. The molecule has 39 heavy (non-hydrogen) atoms. The number of nitrogens with one attached hydrogen (secondary N) is 2. The van der Waals surface area contributed by atoms with E-state index in [0.717, 1.165) is 61.4 Å². The fourth-order valence-corrected chi connectivity index (χ4v) is 6.21. The second kappa shape index (κ2) is 8.47. The lowest BCUT2D eigenvalue weighted by Crippen LogP contribution is -2.23. The van der Waals surface area contributed by atoms with Gasteiger partial charge in [0.25, 0.3) is 0 Å². The first-order chi connectivity index (χ1) is 19.3. The van der Waals surface area contributed by atoms with Crippen LogP contribution in [0.15, 0.2) is 137 Å². The third-order valence-corrected chi connectivity index (χ3v) is 7.95. The molecule has 4 nitrogen and oxygen atoms in total. The average Bonchev–Trinajstić information content (AvgIpc) is 3.53. The van der Waals surface area contributed by atoms with Crippen molar-refractivity contribution in [2.24, 2.45) is 5.92 Å². The number of furan rings is 1. The van der Waals surface area contributed by atoms with Gasteiger partial charge in [0.15, 0.2) is 0 Å². The highest BCUT2D eigenvalue weighted by Gasteiger charge is 2.24. The van der Waals surface area contributed by atoms with Crippen molar-refractivity contribution in [3.63, 3.8) is 0 Å². The van der Waals surface area contributed by atoms with Crippen LogP contribution < -0.4 is 5.43 Å². The number of rotatable bonds is 3. The van der Waals surface area contributed by atoms with Crippen LogP contribution in [0.25, 0.3) is 54.5 Å². The van der Waals surface area contributed by atoms with E-state index in [-0.39, 0.29) is 5.92 Å². The van der Waals surface area contributed by atoms with Crippen molar-refractivity contribution < 1.29 is 4.42 Å². The first kappa shape index (κ1) is 21.9. The highest BCUT2D eigenvalue weighted by Crippen LogP contribution is 2.44. The van der Waals surface area contributed by atoms with Crippen LogP contribution >= 0.6 is 0 Å². The molecular formula is C35H25N3O. The van der Waals surface area contributed by atoms with Crippen molar-refractivity contribution in [3.05, 3.63) is 133 Å². The average molecular weight is 504 g/mol. The molecule has 6 aromatic rings. The van der Waals surface area contributed by atoms with Crippen molar-refractivity contribution in [1.29, 1.82) is 5.41 Å². The quantitative estimate of drug-likeness (QED) is 0.253. The van der Waals surface area contributed by atoms with Gasteiger partial charge in [-0.3, -0.25) is 10.1 Å². The number of allylic oxidation sites excluding steroid dienone is 9. The molecule has 0 bridgehead atoms. The molecule has 0 fully saturated rings. The molecule has 2 heterocycles. The van der Waals surface area contributed by atoms with E-state index < -0.39 is 0 Å². The Morgan fingerprint density at radius 1 is 0.769 bits per heavy atom. The minimum atomic E-state index is 0.127. The molecule has 2 N–H and O–H groups in total. The standard InChI is InChI=1S/C35H25N3O/c36-28-19-9-6-16-25(28)33(22-12-2-1-3-13-22)37-38-29-20-10-7-17-26(29)31-32-27-18-8-11-21-30(27)39-35(32)24-15-5-4-14-23(24)34(31)38/h1-12,14-22,36-37H,13H2/b33-25-,36-28?. The van der Waals surface area contributed by atoms with E-state index in [4.69, 9.17) is 9.83 Å². The Balaban J connectivity index is 1.53. The van der Waals surface area contributed by atoms with Crippen LogP contribution in [0.5, 0.6) is 0 Å². The lowest BCUT2D eigenvalue weighted by Gasteiger charge is -2.25. The molecule has 2 aliphatic rings. The van der Waals surface area contributed by atoms with Crippen LogP contribution in [0.4, 0.5) is 0 Å². The lowest BCUT2D eigenvalue weighted by atomic mass is 9.91. The Hall–Kier alpha value is -5.09. The van der Waals surface area contributed by atoms with Gasteiger partial charge < -0.3 is 9.83 Å². The summed E-state index contributed by atoms with van der Waals surface area (Å²) in [5.74, 6) is 0.127. The van der Waals surface area contributed by atoms with Gasteiger partial charge in [-0.25, -0.2) is 0 Å². The van der Waals surface area contributed by atoms with Gasteiger partial charge in [0, 0.05) is 49.5 Å². The first-order valence-electron chi connectivity index (χ1n) is 13.3. The summed E-state index contributed by atoms with van der Waals surface area (Å²) in [7, 11) is 0. The molecule has 0 spiro atoms. The van der Waals surface area contributed by atoms with E-state index in [2.05, 4.69) is 95.1 Å². The fourth-order valence-electron chi connectivity index (χ4n) is 6.21. The predicted molar refractivity (Wildman–Crippen MR) is 163 cm³/mol. The van der Waals surface area contributed by atoms with Gasteiger partial charge in [0.05, 0.1) is 16.7 Å². The van der Waals surface area contributed by atoms with Gasteiger partial charge >= 0.3 is 0 Å².